The molecule has 2 heterocycles. The zero-order chi connectivity index (χ0) is 13.9. The topological polar surface area (TPSA) is 39.1 Å². The highest BCUT2D eigenvalue weighted by molar-refractivity contribution is 5.78. The van der Waals surface area contributed by atoms with Gasteiger partial charge >= 0.3 is 0 Å². The first-order valence-electron chi connectivity index (χ1n) is 7.61. The molecule has 4 heteroatoms. The van der Waals surface area contributed by atoms with E-state index in [9.17, 15) is 0 Å². The van der Waals surface area contributed by atoms with E-state index in [1.54, 1.807) is 7.11 Å². The molecule has 0 aliphatic carbocycles. The number of benzene rings is 1. The van der Waals surface area contributed by atoms with Crippen molar-refractivity contribution in [2.75, 3.05) is 13.7 Å². The van der Waals surface area contributed by atoms with Gasteiger partial charge < -0.3 is 14.6 Å². The number of ether oxygens (including phenoxy) is 1. The van der Waals surface area contributed by atoms with E-state index in [1.807, 2.05) is 12.1 Å². The summed E-state index contributed by atoms with van der Waals surface area (Å²) in [5.41, 5.74) is 2.24. The Labute approximate surface area is 120 Å². The lowest BCUT2D eigenvalue weighted by Gasteiger charge is -2.16. The minimum atomic E-state index is 0.385. The van der Waals surface area contributed by atoms with E-state index < -0.39 is 0 Å². The number of hydrogen-bond donors (Lipinski definition) is 1. The second-order valence-electron chi connectivity index (χ2n) is 5.42. The molecule has 1 atom stereocenters. The third kappa shape index (κ3) is 2.40. The Morgan fingerprint density at radius 2 is 2.25 bits per heavy atom. The van der Waals surface area contributed by atoms with E-state index >= 15 is 0 Å². The Morgan fingerprint density at radius 3 is 3.05 bits per heavy atom. The molecule has 3 rings (SSSR count). The van der Waals surface area contributed by atoms with Crippen molar-refractivity contribution < 1.29 is 4.74 Å². The second-order valence-corrected chi connectivity index (χ2v) is 5.42. The first-order valence-corrected chi connectivity index (χ1v) is 7.61. The van der Waals surface area contributed by atoms with Crippen LogP contribution in [-0.2, 0) is 6.54 Å². The molecule has 2 aromatic rings. The van der Waals surface area contributed by atoms with Crippen molar-refractivity contribution in [3.05, 3.63) is 24.0 Å². The molecule has 0 amide bonds. The van der Waals surface area contributed by atoms with Crippen LogP contribution in [0.4, 0.5) is 0 Å². The van der Waals surface area contributed by atoms with Gasteiger partial charge in [0.1, 0.15) is 11.6 Å². The van der Waals surface area contributed by atoms with Crippen molar-refractivity contribution in [2.45, 2.75) is 45.2 Å². The maximum Gasteiger partial charge on any atom is 0.127 e. The zero-order valence-electron chi connectivity index (χ0n) is 12.4. The Kier molecular flexibility index (Phi) is 3.92. The van der Waals surface area contributed by atoms with Crippen molar-refractivity contribution >= 4 is 11.0 Å². The standard InChI is InChI=1S/C16H23N3O/c1-3-19-15-9-8-12(20-2)11-14(15)18-16(19)13-7-5-4-6-10-17-13/h8-9,11,13,17H,3-7,10H2,1-2H3. The summed E-state index contributed by atoms with van der Waals surface area (Å²) < 4.78 is 7.64. The van der Waals surface area contributed by atoms with E-state index in [2.05, 4.69) is 22.9 Å². The summed E-state index contributed by atoms with van der Waals surface area (Å²) in [6.45, 7) is 4.24. The van der Waals surface area contributed by atoms with Crippen molar-refractivity contribution in [2.24, 2.45) is 0 Å². The highest BCUT2D eigenvalue weighted by Gasteiger charge is 2.20. The van der Waals surface area contributed by atoms with Crippen LogP contribution in [0.15, 0.2) is 18.2 Å². The fraction of sp³-hybridized carbons (Fsp3) is 0.562. The third-order valence-corrected chi connectivity index (χ3v) is 4.17. The van der Waals surface area contributed by atoms with Gasteiger partial charge in [0.2, 0.25) is 0 Å². The molecule has 0 bridgehead atoms. The number of aryl methyl sites for hydroxylation is 1. The van der Waals surface area contributed by atoms with Crippen LogP contribution in [0.1, 0.15) is 44.5 Å². The summed E-state index contributed by atoms with van der Waals surface area (Å²) in [5.74, 6) is 2.05. The Morgan fingerprint density at radius 1 is 1.35 bits per heavy atom. The molecule has 1 aliphatic rings. The van der Waals surface area contributed by atoms with Crippen molar-refractivity contribution in [1.29, 1.82) is 0 Å². The second kappa shape index (κ2) is 5.83. The molecule has 1 fully saturated rings. The Bertz CT molecular complexity index is 583. The van der Waals surface area contributed by atoms with Crippen LogP contribution in [0.2, 0.25) is 0 Å². The van der Waals surface area contributed by atoms with Crippen molar-refractivity contribution in [3.8, 4) is 5.75 Å². The van der Waals surface area contributed by atoms with E-state index in [-0.39, 0.29) is 0 Å². The largest absolute Gasteiger partial charge is 0.497 e. The molecule has 0 saturated carbocycles. The summed E-state index contributed by atoms with van der Waals surface area (Å²) in [6.07, 6.45) is 5.06. The minimum Gasteiger partial charge on any atom is -0.497 e. The van der Waals surface area contributed by atoms with Gasteiger partial charge in [0.25, 0.3) is 0 Å². The molecule has 1 unspecified atom stereocenters. The Hall–Kier alpha value is -1.55. The maximum atomic E-state index is 5.31. The minimum absolute atomic E-state index is 0.385. The van der Waals surface area contributed by atoms with Gasteiger partial charge in [0.05, 0.1) is 24.2 Å². The number of rotatable bonds is 3. The van der Waals surface area contributed by atoms with Crippen LogP contribution >= 0.6 is 0 Å². The van der Waals surface area contributed by atoms with Crippen LogP contribution in [0.5, 0.6) is 5.75 Å². The molecule has 1 aromatic carbocycles. The van der Waals surface area contributed by atoms with Crippen molar-refractivity contribution in [1.82, 2.24) is 14.9 Å². The smallest absolute Gasteiger partial charge is 0.127 e. The predicted octanol–water partition coefficient (Wildman–Crippen LogP) is 3.27. The number of nitrogens with zero attached hydrogens (tertiary/aromatic N) is 2. The molecular weight excluding hydrogens is 250 g/mol. The van der Waals surface area contributed by atoms with Gasteiger partial charge in [-0.3, -0.25) is 0 Å². The number of fused-ring (bicyclic) bond motifs is 1. The summed E-state index contributed by atoms with van der Waals surface area (Å²) in [7, 11) is 1.70. The molecule has 4 nitrogen and oxygen atoms in total. The lowest BCUT2D eigenvalue weighted by Crippen LogP contribution is -2.23. The Balaban J connectivity index is 2.04. The number of aromatic nitrogens is 2. The molecule has 0 radical (unpaired) electrons. The number of methoxy groups -OCH3 is 1. The van der Waals surface area contributed by atoms with Gasteiger partial charge in [0.15, 0.2) is 0 Å². The maximum absolute atomic E-state index is 5.31. The third-order valence-electron chi connectivity index (χ3n) is 4.17. The highest BCUT2D eigenvalue weighted by Crippen LogP contribution is 2.28. The normalized spacial score (nSPS) is 20.0. The van der Waals surface area contributed by atoms with Crippen LogP contribution < -0.4 is 10.1 Å². The van der Waals surface area contributed by atoms with Crippen LogP contribution in [-0.4, -0.2) is 23.2 Å². The molecular formula is C16H23N3O. The number of hydrogen-bond acceptors (Lipinski definition) is 3. The molecule has 1 saturated heterocycles. The highest BCUT2D eigenvalue weighted by atomic mass is 16.5. The lowest BCUT2D eigenvalue weighted by molar-refractivity contribution is 0.415. The number of imidazole rings is 1. The van der Waals surface area contributed by atoms with Crippen LogP contribution in [0, 0.1) is 0 Å². The van der Waals surface area contributed by atoms with E-state index in [4.69, 9.17) is 9.72 Å². The molecule has 0 spiro atoms. The predicted molar refractivity (Wildman–Crippen MR) is 81.2 cm³/mol. The summed E-state index contributed by atoms with van der Waals surface area (Å²) in [4.78, 5) is 4.88. The molecule has 1 aliphatic heterocycles. The van der Waals surface area contributed by atoms with E-state index in [1.165, 1.54) is 37.0 Å². The van der Waals surface area contributed by atoms with Gasteiger partial charge in [0, 0.05) is 12.6 Å². The molecule has 20 heavy (non-hydrogen) atoms. The average molecular weight is 273 g/mol. The van der Waals surface area contributed by atoms with Gasteiger partial charge in [-0.15, -0.1) is 0 Å². The van der Waals surface area contributed by atoms with E-state index in [0.717, 1.165) is 24.4 Å². The molecule has 1 aromatic heterocycles. The fourth-order valence-electron chi connectivity index (χ4n) is 3.10. The SMILES string of the molecule is CCn1c(C2CCCCCN2)nc2cc(OC)ccc21. The first kappa shape index (κ1) is 13.4. The van der Waals surface area contributed by atoms with Gasteiger partial charge in [-0.05, 0) is 38.4 Å². The molecule has 108 valence electrons. The molecule has 1 N–H and O–H groups in total. The van der Waals surface area contributed by atoms with E-state index in [0.29, 0.717) is 6.04 Å². The van der Waals surface area contributed by atoms with Crippen LogP contribution in [0.25, 0.3) is 11.0 Å². The summed E-state index contributed by atoms with van der Waals surface area (Å²) in [6, 6.07) is 6.54. The quantitative estimate of drug-likeness (QED) is 0.933. The fourth-order valence-corrected chi connectivity index (χ4v) is 3.10. The number of nitrogens with one attached hydrogen (secondary N) is 1. The summed E-state index contributed by atoms with van der Waals surface area (Å²) in [5, 5.41) is 3.65. The average Bonchev–Trinajstić information content (AvgIpc) is 2.65. The monoisotopic (exact) mass is 273 g/mol. The summed E-state index contributed by atoms with van der Waals surface area (Å²) >= 11 is 0. The first-order chi connectivity index (χ1) is 9.83. The van der Waals surface area contributed by atoms with Gasteiger partial charge in [-0.1, -0.05) is 12.8 Å². The van der Waals surface area contributed by atoms with Gasteiger partial charge in [-0.25, -0.2) is 4.98 Å². The van der Waals surface area contributed by atoms with Crippen molar-refractivity contribution in [3.63, 3.8) is 0 Å². The lowest BCUT2D eigenvalue weighted by atomic mass is 10.1. The van der Waals surface area contributed by atoms with Crippen LogP contribution in [0.3, 0.4) is 0 Å². The van der Waals surface area contributed by atoms with Gasteiger partial charge in [-0.2, -0.15) is 0 Å². The zero-order valence-corrected chi connectivity index (χ0v) is 12.4.